The van der Waals surface area contributed by atoms with E-state index in [0.717, 1.165) is 28.3 Å². The summed E-state index contributed by atoms with van der Waals surface area (Å²) in [5.74, 6) is 0.289. The van der Waals surface area contributed by atoms with Crippen LogP contribution in [0.2, 0.25) is 0 Å². The van der Waals surface area contributed by atoms with Crippen LogP contribution >= 0.6 is 0 Å². The van der Waals surface area contributed by atoms with Gasteiger partial charge in [-0.1, -0.05) is 56.3 Å². The lowest BCUT2D eigenvalue weighted by molar-refractivity contribution is -0.885. The Morgan fingerprint density at radius 3 is 2.17 bits per heavy atom. The molecule has 2 rings (SSSR count). The first-order chi connectivity index (χ1) is 13.7. The SMILES string of the molecule is Cc1cccc(C)c1NC(=O)CN(C)C(=O)C[NH+](C)Cc1ccc(C(C)C)cc1. The van der Waals surface area contributed by atoms with Crippen molar-refractivity contribution in [1.29, 1.82) is 0 Å². The number of amides is 2. The van der Waals surface area contributed by atoms with Crippen LogP contribution in [-0.4, -0.2) is 43.9 Å². The molecule has 0 aliphatic rings. The van der Waals surface area contributed by atoms with Gasteiger partial charge < -0.3 is 15.1 Å². The summed E-state index contributed by atoms with van der Waals surface area (Å²) in [5.41, 5.74) is 5.37. The quantitative estimate of drug-likeness (QED) is 0.721. The molecule has 1 unspecified atom stereocenters. The molecule has 2 aromatic rings. The number of likely N-dealkylation sites (N-methyl/N-ethyl adjacent to an activating group) is 2. The molecule has 156 valence electrons. The summed E-state index contributed by atoms with van der Waals surface area (Å²) in [4.78, 5) is 27.5. The van der Waals surface area contributed by atoms with Crippen molar-refractivity contribution in [3.8, 4) is 0 Å². The second-order valence-corrected chi connectivity index (χ2v) is 8.27. The van der Waals surface area contributed by atoms with Gasteiger partial charge in [0.25, 0.3) is 5.91 Å². The average molecular weight is 397 g/mol. The molecule has 0 saturated heterocycles. The van der Waals surface area contributed by atoms with E-state index < -0.39 is 0 Å². The minimum Gasteiger partial charge on any atom is -0.332 e. The molecule has 0 fully saturated rings. The highest BCUT2D eigenvalue weighted by molar-refractivity contribution is 5.95. The van der Waals surface area contributed by atoms with Gasteiger partial charge in [-0.3, -0.25) is 9.59 Å². The predicted molar refractivity (Wildman–Crippen MR) is 118 cm³/mol. The molecule has 2 N–H and O–H groups in total. The Kier molecular flexibility index (Phi) is 7.97. The van der Waals surface area contributed by atoms with Crippen LogP contribution in [0.4, 0.5) is 5.69 Å². The van der Waals surface area contributed by atoms with E-state index >= 15 is 0 Å². The first kappa shape index (κ1) is 22.6. The lowest BCUT2D eigenvalue weighted by atomic mass is 10.0. The molecule has 2 amide bonds. The summed E-state index contributed by atoms with van der Waals surface area (Å²) in [6.07, 6.45) is 0. The lowest BCUT2D eigenvalue weighted by Gasteiger charge is -2.20. The van der Waals surface area contributed by atoms with Gasteiger partial charge in [-0.25, -0.2) is 0 Å². The van der Waals surface area contributed by atoms with Crippen molar-refractivity contribution in [3.05, 3.63) is 64.7 Å². The molecule has 0 aromatic heterocycles. The van der Waals surface area contributed by atoms with Gasteiger partial charge in [0.15, 0.2) is 6.54 Å². The highest BCUT2D eigenvalue weighted by Crippen LogP contribution is 2.19. The number of carbonyl (C=O) groups is 2. The van der Waals surface area contributed by atoms with Crippen LogP contribution in [0.25, 0.3) is 0 Å². The maximum Gasteiger partial charge on any atom is 0.277 e. The van der Waals surface area contributed by atoms with Gasteiger partial charge in [-0.2, -0.15) is 0 Å². The van der Waals surface area contributed by atoms with Gasteiger partial charge in [-0.05, 0) is 36.5 Å². The first-order valence-electron chi connectivity index (χ1n) is 10.2. The summed E-state index contributed by atoms with van der Waals surface area (Å²) >= 11 is 0. The van der Waals surface area contributed by atoms with Crippen molar-refractivity contribution in [2.75, 3.05) is 32.5 Å². The molecule has 2 aromatic carbocycles. The van der Waals surface area contributed by atoms with E-state index in [0.29, 0.717) is 12.5 Å². The third-order valence-electron chi connectivity index (χ3n) is 5.16. The van der Waals surface area contributed by atoms with E-state index in [1.807, 2.05) is 39.1 Å². The fourth-order valence-corrected chi connectivity index (χ4v) is 3.32. The Hall–Kier alpha value is -2.66. The van der Waals surface area contributed by atoms with E-state index in [-0.39, 0.29) is 18.4 Å². The zero-order valence-corrected chi connectivity index (χ0v) is 18.5. The fourth-order valence-electron chi connectivity index (χ4n) is 3.32. The van der Waals surface area contributed by atoms with Crippen LogP contribution in [0.1, 0.15) is 42.0 Å². The minimum atomic E-state index is -0.180. The van der Waals surface area contributed by atoms with Gasteiger partial charge in [0.2, 0.25) is 5.91 Å². The number of quaternary nitrogens is 1. The molecule has 29 heavy (non-hydrogen) atoms. The van der Waals surface area contributed by atoms with E-state index in [9.17, 15) is 9.59 Å². The molecule has 0 saturated carbocycles. The molecule has 0 aliphatic heterocycles. The van der Waals surface area contributed by atoms with Crippen molar-refractivity contribution in [3.63, 3.8) is 0 Å². The summed E-state index contributed by atoms with van der Waals surface area (Å²) < 4.78 is 0. The number of rotatable bonds is 8. The number of carbonyl (C=O) groups excluding carboxylic acids is 2. The van der Waals surface area contributed by atoms with Crippen LogP contribution < -0.4 is 10.2 Å². The smallest absolute Gasteiger partial charge is 0.277 e. The van der Waals surface area contributed by atoms with Crippen LogP contribution in [0.3, 0.4) is 0 Å². The zero-order valence-electron chi connectivity index (χ0n) is 18.5. The Bertz CT molecular complexity index is 823. The van der Waals surface area contributed by atoms with Crippen molar-refractivity contribution in [2.45, 2.75) is 40.2 Å². The van der Waals surface area contributed by atoms with Crippen molar-refractivity contribution < 1.29 is 14.5 Å². The lowest BCUT2D eigenvalue weighted by Crippen LogP contribution is -3.08. The molecule has 5 heteroatoms. The topological polar surface area (TPSA) is 53.9 Å². The van der Waals surface area contributed by atoms with Crippen LogP contribution in [0.15, 0.2) is 42.5 Å². The Labute approximate surface area is 174 Å². The van der Waals surface area contributed by atoms with Gasteiger partial charge in [0.05, 0.1) is 13.6 Å². The highest BCUT2D eigenvalue weighted by atomic mass is 16.2. The van der Waals surface area contributed by atoms with Gasteiger partial charge in [0, 0.05) is 18.3 Å². The maximum absolute atomic E-state index is 12.5. The normalized spacial score (nSPS) is 12.0. The number of hydrogen-bond acceptors (Lipinski definition) is 2. The van der Waals surface area contributed by atoms with E-state index in [1.54, 1.807) is 7.05 Å². The number of aryl methyl sites for hydroxylation is 2. The number of hydrogen-bond donors (Lipinski definition) is 2. The van der Waals surface area contributed by atoms with E-state index in [1.165, 1.54) is 16.0 Å². The van der Waals surface area contributed by atoms with Crippen molar-refractivity contribution in [1.82, 2.24) is 4.90 Å². The van der Waals surface area contributed by atoms with Gasteiger partial charge in [0.1, 0.15) is 6.54 Å². The molecule has 0 aliphatic carbocycles. The molecular weight excluding hydrogens is 362 g/mol. The Morgan fingerprint density at radius 2 is 1.62 bits per heavy atom. The summed E-state index contributed by atoms with van der Waals surface area (Å²) in [6.45, 7) is 9.44. The number of para-hydroxylation sites is 1. The van der Waals surface area contributed by atoms with Gasteiger partial charge >= 0.3 is 0 Å². The molecule has 0 bridgehead atoms. The molecule has 0 heterocycles. The second kappa shape index (κ2) is 10.2. The standard InChI is InChI=1S/C24H33N3O2/c1-17(2)21-12-10-20(11-13-21)14-26(5)16-23(29)27(6)15-22(28)25-24-18(3)8-7-9-19(24)4/h7-13,17H,14-16H2,1-6H3,(H,25,28)/p+1. The highest BCUT2D eigenvalue weighted by Gasteiger charge is 2.18. The van der Waals surface area contributed by atoms with Crippen LogP contribution in [0.5, 0.6) is 0 Å². The fraction of sp³-hybridized carbons (Fsp3) is 0.417. The third kappa shape index (κ3) is 6.71. The molecule has 0 radical (unpaired) electrons. The average Bonchev–Trinajstić information content (AvgIpc) is 2.65. The van der Waals surface area contributed by atoms with Crippen molar-refractivity contribution >= 4 is 17.5 Å². The van der Waals surface area contributed by atoms with Gasteiger partial charge in [-0.15, -0.1) is 0 Å². The van der Waals surface area contributed by atoms with E-state index in [4.69, 9.17) is 0 Å². The van der Waals surface area contributed by atoms with Crippen LogP contribution in [-0.2, 0) is 16.1 Å². The number of anilines is 1. The third-order valence-corrected chi connectivity index (χ3v) is 5.16. The van der Waals surface area contributed by atoms with Crippen molar-refractivity contribution in [2.24, 2.45) is 0 Å². The summed E-state index contributed by atoms with van der Waals surface area (Å²) in [5, 5.41) is 2.93. The monoisotopic (exact) mass is 396 g/mol. The maximum atomic E-state index is 12.5. The molecule has 5 nitrogen and oxygen atoms in total. The zero-order chi connectivity index (χ0) is 21.6. The van der Waals surface area contributed by atoms with Crippen LogP contribution in [0, 0.1) is 13.8 Å². The summed E-state index contributed by atoms with van der Waals surface area (Å²) in [7, 11) is 3.68. The van der Waals surface area contributed by atoms with E-state index in [2.05, 4.69) is 43.4 Å². The largest absolute Gasteiger partial charge is 0.332 e. The number of nitrogens with one attached hydrogen (secondary N) is 2. The Morgan fingerprint density at radius 1 is 1.03 bits per heavy atom. The summed E-state index contributed by atoms with van der Waals surface area (Å²) in [6, 6.07) is 14.5. The minimum absolute atomic E-state index is 0.0436. The Balaban J connectivity index is 1.85. The number of benzene rings is 2. The molecular formula is C24H34N3O2+. The number of nitrogens with zero attached hydrogens (tertiary/aromatic N) is 1. The second-order valence-electron chi connectivity index (χ2n) is 8.27. The first-order valence-corrected chi connectivity index (χ1v) is 10.2. The predicted octanol–water partition coefficient (Wildman–Crippen LogP) is 2.54. The molecule has 1 atom stereocenters. The molecule has 0 spiro atoms.